The Kier molecular flexibility index (Phi) is 6.91. The van der Waals surface area contributed by atoms with E-state index in [9.17, 15) is 14.0 Å². The number of rotatable bonds is 8. The maximum absolute atomic E-state index is 13.6. The third-order valence-corrected chi connectivity index (χ3v) is 4.59. The SMILES string of the molecule is CC(=O)CCc1ccc(OC(C)C(=O)Nc2cnccc2-c2cccc(F)c2)cc1. The van der Waals surface area contributed by atoms with Gasteiger partial charge in [0.15, 0.2) is 6.10 Å². The lowest BCUT2D eigenvalue weighted by molar-refractivity contribution is -0.122. The molecule has 0 radical (unpaired) electrons. The maximum Gasteiger partial charge on any atom is 0.265 e. The zero-order valence-electron chi connectivity index (χ0n) is 16.9. The van der Waals surface area contributed by atoms with E-state index in [-0.39, 0.29) is 17.5 Å². The molecule has 1 amide bonds. The number of aryl methyl sites for hydroxylation is 1. The van der Waals surface area contributed by atoms with Gasteiger partial charge in [0.05, 0.1) is 11.9 Å². The molecule has 0 aliphatic carbocycles. The third kappa shape index (κ3) is 5.73. The summed E-state index contributed by atoms with van der Waals surface area (Å²) in [6, 6.07) is 15.2. The van der Waals surface area contributed by atoms with Crippen LogP contribution in [0.3, 0.4) is 0 Å². The lowest BCUT2D eigenvalue weighted by Crippen LogP contribution is -2.30. The van der Waals surface area contributed by atoms with Gasteiger partial charge in [-0.2, -0.15) is 0 Å². The predicted molar refractivity (Wildman–Crippen MR) is 114 cm³/mol. The van der Waals surface area contributed by atoms with Crippen molar-refractivity contribution in [1.82, 2.24) is 4.98 Å². The molecule has 0 bridgehead atoms. The largest absolute Gasteiger partial charge is 0.481 e. The molecule has 0 aliphatic rings. The van der Waals surface area contributed by atoms with Crippen LogP contribution in [-0.4, -0.2) is 22.8 Å². The summed E-state index contributed by atoms with van der Waals surface area (Å²) < 4.78 is 19.3. The molecule has 5 nitrogen and oxygen atoms in total. The van der Waals surface area contributed by atoms with Crippen molar-refractivity contribution < 1.29 is 18.7 Å². The highest BCUT2D eigenvalue weighted by atomic mass is 19.1. The number of nitrogens with zero attached hydrogens (tertiary/aromatic N) is 1. The number of halogens is 1. The Bertz CT molecular complexity index is 1030. The zero-order chi connectivity index (χ0) is 21.5. The molecule has 154 valence electrons. The van der Waals surface area contributed by atoms with Crippen LogP contribution in [0.25, 0.3) is 11.1 Å². The number of aromatic nitrogens is 1. The second-order valence-electron chi connectivity index (χ2n) is 7.03. The van der Waals surface area contributed by atoms with Gasteiger partial charge in [0.25, 0.3) is 5.91 Å². The van der Waals surface area contributed by atoms with E-state index in [1.807, 2.05) is 12.1 Å². The smallest absolute Gasteiger partial charge is 0.265 e. The van der Waals surface area contributed by atoms with Gasteiger partial charge in [-0.15, -0.1) is 0 Å². The molecule has 3 rings (SSSR count). The number of nitrogens with one attached hydrogen (secondary N) is 1. The summed E-state index contributed by atoms with van der Waals surface area (Å²) in [6.07, 6.45) is 3.53. The molecule has 1 atom stereocenters. The van der Waals surface area contributed by atoms with E-state index in [0.29, 0.717) is 35.4 Å². The monoisotopic (exact) mass is 406 g/mol. The van der Waals surface area contributed by atoms with Gasteiger partial charge < -0.3 is 14.8 Å². The van der Waals surface area contributed by atoms with Crippen molar-refractivity contribution in [2.45, 2.75) is 32.8 Å². The topological polar surface area (TPSA) is 68.3 Å². The number of ether oxygens (including phenoxy) is 1. The van der Waals surface area contributed by atoms with Crippen LogP contribution in [0.2, 0.25) is 0 Å². The van der Waals surface area contributed by atoms with Crippen molar-refractivity contribution in [2.24, 2.45) is 0 Å². The van der Waals surface area contributed by atoms with Crippen LogP contribution in [0, 0.1) is 5.82 Å². The summed E-state index contributed by atoms with van der Waals surface area (Å²) in [5.41, 5.74) is 2.81. The Balaban J connectivity index is 1.66. The predicted octanol–water partition coefficient (Wildman–Crippen LogP) is 4.82. The third-order valence-electron chi connectivity index (χ3n) is 4.59. The number of carbonyl (C=O) groups is 2. The zero-order valence-corrected chi connectivity index (χ0v) is 16.9. The molecule has 6 heteroatoms. The Hall–Kier alpha value is -3.54. The second kappa shape index (κ2) is 9.78. The van der Waals surface area contributed by atoms with Crippen LogP contribution >= 0.6 is 0 Å². The first-order chi connectivity index (χ1) is 14.4. The summed E-state index contributed by atoms with van der Waals surface area (Å²) in [6.45, 7) is 3.22. The van der Waals surface area contributed by atoms with Crippen LogP contribution in [0.15, 0.2) is 67.0 Å². The molecule has 2 aromatic carbocycles. The van der Waals surface area contributed by atoms with Gasteiger partial charge in [0, 0.05) is 18.2 Å². The number of carbonyl (C=O) groups excluding carboxylic acids is 2. The van der Waals surface area contributed by atoms with Gasteiger partial charge in [0.2, 0.25) is 0 Å². The average molecular weight is 406 g/mol. The lowest BCUT2D eigenvalue weighted by atomic mass is 10.1. The minimum Gasteiger partial charge on any atom is -0.481 e. The molecule has 1 aromatic heterocycles. The van der Waals surface area contributed by atoms with Crippen molar-refractivity contribution in [3.05, 3.63) is 78.4 Å². The fourth-order valence-corrected chi connectivity index (χ4v) is 2.95. The Labute approximate surface area is 174 Å². The highest BCUT2D eigenvalue weighted by Gasteiger charge is 2.17. The molecule has 3 aromatic rings. The molecule has 0 aliphatic heterocycles. The molecule has 1 heterocycles. The van der Waals surface area contributed by atoms with Crippen molar-refractivity contribution >= 4 is 17.4 Å². The fraction of sp³-hybridized carbons (Fsp3) is 0.208. The number of pyridine rings is 1. The summed E-state index contributed by atoms with van der Waals surface area (Å²) >= 11 is 0. The van der Waals surface area contributed by atoms with Gasteiger partial charge in [-0.25, -0.2) is 4.39 Å². The van der Waals surface area contributed by atoms with Gasteiger partial charge in [-0.05, 0) is 61.7 Å². The molecule has 0 fully saturated rings. The number of amides is 1. The summed E-state index contributed by atoms with van der Waals surface area (Å²) in [4.78, 5) is 27.8. The van der Waals surface area contributed by atoms with Gasteiger partial charge in [-0.3, -0.25) is 9.78 Å². The number of hydrogen-bond donors (Lipinski definition) is 1. The normalized spacial score (nSPS) is 11.6. The summed E-state index contributed by atoms with van der Waals surface area (Å²) in [5, 5.41) is 2.81. The summed E-state index contributed by atoms with van der Waals surface area (Å²) in [5.74, 6) is 0.000691. The molecular formula is C24H23FN2O3. The number of benzene rings is 2. The maximum atomic E-state index is 13.6. The van der Waals surface area contributed by atoms with E-state index in [4.69, 9.17) is 4.74 Å². The van der Waals surface area contributed by atoms with E-state index in [0.717, 1.165) is 5.56 Å². The first-order valence-corrected chi connectivity index (χ1v) is 9.68. The second-order valence-corrected chi connectivity index (χ2v) is 7.03. The number of anilines is 1. The number of hydrogen-bond acceptors (Lipinski definition) is 4. The Morgan fingerprint density at radius 2 is 1.90 bits per heavy atom. The van der Waals surface area contributed by atoms with Gasteiger partial charge in [-0.1, -0.05) is 24.3 Å². The van der Waals surface area contributed by atoms with Crippen molar-refractivity contribution in [3.8, 4) is 16.9 Å². The minimum atomic E-state index is -0.756. The Morgan fingerprint density at radius 3 is 2.60 bits per heavy atom. The highest BCUT2D eigenvalue weighted by Crippen LogP contribution is 2.27. The van der Waals surface area contributed by atoms with Crippen molar-refractivity contribution in [3.63, 3.8) is 0 Å². The van der Waals surface area contributed by atoms with Gasteiger partial charge >= 0.3 is 0 Å². The van der Waals surface area contributed by atoms with Crippen LogP contribution in [0.5, 0.6) is 5.75 Å². The molecule has 0 spiro atoms. The van der Waals surface area contributed by atoms with Crippen LogP contribution in [-0.2, 0) is 16.0 Å². The van der Waals surface area contributed by atoms with E-state index in [2.05, 4.69) is 10.3 Å². The molecule has 1 N–H and O–H groups in total. The van der Waals surface area contributed by atoms with E-state index in [1.165, 1.54) is 18.3 Å². The van der Waals surface area contributed by atoms with Crippen LogP contribution in [0.1, 0.15) is 25.8 Å². The van der Waals surface area contributed by atoms with E-state index < -0.39 is 6.10 Å². The first kappa shape index (κ1) is 21.2. The molecule has 0 saturated carbocycles. The van der Waals surface area contributed by atoms with E-state index >= 15 is 0 Å². The van der Waals surface area contributed by atoms with E-state index in [1.54, 1.807) is 50.4 Å². The molecule has 30 heavy (non-hydrogen) atoms. The molecule has 1 unspecified atom stereocenters. The summed E-state index contributed by atoms with van der Waals surface area (Å²) in [7, 11) is 0. The molecular weight excluding hydrogens is 383 g/mol. The van der Waals surface area contributed by atoms with Crippen molar-refractivity contribution in [2.75, 3.05) is 5.32 Å². The highest BCUT2D eigenvalue weighted by molar-refractivity contribution is 5.97. The molecule has 0 saturated heterocycles. The van der Waals surface area contributed by atoms with Gasteiger partial charge in [0.1, 0.15) is 17.3 Å². The average Bonchev–Trinajstić information content (AvgIpc) is 2.73. The quantitative estimate of drug-likeness (QED) is 0.583. The first-order valence-electron chi connectivity index (χ1n) is 9.68. The fourth-order valence-electron chi connectivity index (χ4n) is 2.95. The van der Waals surface area contributed by atoms with Crippen molar-refractivity contribution in [1.29, 1.82) is 0 Å². The van der Waals surface area contributed by atoms with Crippen LogP contribution < -0.4 is 10.1 Å². The van der Waals surface area contributed by atoms with Crippen LogP contribution in [0.4, 0.5) is 10.1 Å². The number of ketones is 1. The Morgan fingerprint density at radius 1 is 1.13 bits per heavy atom. The standard InChI is InChI=1S/C24H23FN2O3/c1-16(28)6-7-18-8-10-21(11-9-18)30-17(2)24(29)27-23-15-26-13-12-22(23)19-4-3-5-20(25)14-19/h3-5,8-15,17H,6-7H2,1-2H3,(H,27,29). The lowest BCUT2D eigenvalue weighted by Gasteiger charge is -2.16. The minimum absolute atomic E-state index is 0.147. The number of Topliss-reactive ketones (excluding diaryl/α,β-unsaturated/α-hetero) is 1.